The number of aromatic nitrogens is 2. The van der Waals surface area contributed by atoms with Crippen molar-refractivity contribution < 1.29 is 14.1 Å². The lowest BCUT2D eigenvalue weighted by Gasteiger charge is -2.51. The Morgan fingerprint density at radius 1 is 1.10 bits per heavy atom. The second-order valence-electron chi connectivity index (χ2n) is 12.5. The third kappa shape index (κ3) is 5.37. The smallest absolute Gasteiger partial charge is 0.236 e. The Labute approximate surface area is 233 Å². The number of anilines is 3. The van der Waals surface area contributed by atoms with Gasteiger partial charge in [-0.2, -0.15) is 4.98 Å². The minimum absolute atomic E-state index is 0.0359. The van der Waals surface area contributed by atoms with Gasteiger partial charge in [0.25, 0.3) is 0 Å². The Balaban J connectivity index is 0.000000346. The molecule has 9 heteroatoms. The second kappa shape index (κ2) is 10.6. The summed E-state index contributed by atoms with van der Waals surface area (Å²) in [6.07, 6.45) is 14.1. The van der Waals surface area contributed by atoms with Crippen molar-refractivity contribution in [2.24, 2.45) is 5.41 Å². The lowest BCUT2D eigenvalue weighted by atomic mass is 9.63. The highest BCUT2D eigenvalue weighted by Gasteiger charge is 2.57. The lowest BCUT2D eigenvalue weighted by Crippen LogP contribution is -2.49. The molecular formula is C30H41N5O3S. The van der Waals surface area contributed by atoms with E-state index in [1.54, 1.807) is 6.20 Å². The summed E-state index contributed by atoms with van der Waals surface area (Å²) in [6, 6.07) is 5.94. The van der Waals surface area contributed by atoms with Crippen LogP contribution in [-0.2, 0) is 21.0 Å². The van der Waals surface area contributed by atoms with E-state index in [9.17, 15) is 9.00 Å². The van der Waals surface area contributed by atoms with Crippen LogP contribution in [0.3, 0.4) is 0 Å². The van der Waals surface area contributed by atoms with Crippen LogP contribution < -0.4 is 10.6 Å². The Kier molecular flexibility index (Phi) is 7.27. The SMILES string of the molecule is Cc1cc(S(=O)C2CC3(CCN(C)CC3)C2)ccc1Nc1ncc2c(n1)NC(=O)C21CC1.OC1CCCCC1. The van der Waals surface area contributed by atoms with Crippen molar-refractivity contribution in [1.29, 1.82) is 0 Å². The van der Waals surface area contributed by atoms with Crippen LogP contribution >= 0.6 is 0 Å². The summed E-state index contributed by atoms with van der Waals surface area (Å²) in [5, 5.41) is 15.3. The molecule has 39 heavy (non-hydrogen) atoms. The predicted octanol–water partition coefficient (Wildman–Crippen LogP) is 4.81. The van der Waals surface area contributed by atoms with Crippen LogP contribution in [0.15, 0.2) is 29.3 Å². The first-order valence-corrected chi connectivity index (χ1v) is 15.8. The highest BCUT2D eigenvalue weighted by Crippen LogP contribution is 2.54. The monoisotopic (exact) mass is 551 g/mol. The summed E-state index contributed by atoms with van der Waals surface area (Å²) in [5.41, 5.74) is 2.87. The van der Waals surface area contributed by atoms with Crippen molar-refractivity contribution in [2.45, 2.75) is 99.2 Å². The number of aliphatic hydroxyl groups is 1. The molecule has 8 nitrogen and oxygen atoms in total. The number of aliphatic hydroxyl groups excluding tert-OH is 1. The van der Waals surface area contributed by atoms with E-state index >= 15 is 0 Å². The van der Waals surface area contributed by atoms with Gasteiger partial charge in [-0.25, -0.2) is 4.98 Å². The summed E-state index contributed by atoms with van der Waals surface area (Å²) < 4.78 is 13.2. The van der Waals surface area contributed by atoms with Gasteiger partial charge in [0.2, 0.25) is 11.9 Å². The molecule has 0 bridgehead atoms. The summed E-state index contributed by atoms with van der Waals surface area (Å²) in [4.78, 5) is 24.5. The van der Waals surface area contributed by atoms with Gasteiger partial charge in [0.05, 0.1) is 22.3 Å². The molecule has 1 aromatic heterocycles. The molecule has 1 unspecified atom stereocenters. The van der Waals surface area contributed by atoms with Crippen molar-refractivity contribution in [3.63, 3.8) is 0 Å². The van der Waals surface area contributed by atoms with Gasteiger partial charge in [-0.15, -0.1) is 0 Å². The number of hydrogen-bond donors (Lipinski definition) is 3. The molecule has 1 aromatic carbocycles. The topological polar surface area (TPSA) is 107 Å². The fraction of sp³-hybridized carbons (Fsp3) is 0.633. The minimum Gasteiger partial charge on any atom is -0.393 e. The van der Waals surface area contributed by atoms with Crippen LogP contribution in [0, 0.1) is 12.3 Å². The van der Waals surface area contributed by atoms with Gasteiger partial charge >= 0.3 is 0 Å². The van der Waals surface area contributed by atoms with Crippen molar-refractivity contribution in [3.8, 4) is 0 Å². The summed E-state index contributed by atoms with van der Waals surface area (Å²) >= 11 is 0. The normalized spacial score (nSPS) is 24.3. The zero-order chi connectivity index (χ0) is 27.2. The zero-order valence-electron chi connectivity index (χ0n) is 23.2. The molecule has 0 radical (unpaired) electrons. The maximum absolute atomic E-state index is 13.2. The number of benzene rings is 1. The fourth-order valence-corrected chi connectivity index (χ4v) is 8.60. The van der Waals surface area contributed by atoms with Crippen LogP contribution in [0.25, 0.3) is 0 Å². The Morgan fingerprint density at radius 2 is 1.82 bits per heavy atom. The lowest BCUT2D eigenvalue weighted by molar-refractivity contribution is -0.117. The maximum Gasteiger partial charge on any atom is 0.236 e. The largest absolute Gasteiger partial charge is 0.393 e. The number of piperidine rings is 1. The number of carbonyl (C=O) groups excluding carboxylic acids is 1. The molecule has 7 rings (SSSR count). The predicted molar refractivity (Wildman–Crippen MR) is 154 cm³/mol. The van der Waals surface area contributed by atoms with Gasteiger partial charge in [0.1, 0.15) is 5.82 Å². The summed E-state index contributed by atoms with van der Waals surface area (Å²) in [7, 11) is 1.22. The molecule has 5 aliphatic rings. The molecule has 4 fully saturated rings. The number of aryl methyl sites for hydroxylation is 1. The molecule has 1 saturated heterocycles. The summed E-state index contributed by atoms with van der Waals surface area (Å²) in [6.45, 7) is 4.33. The van der Waals surface area contributed by atoms with E-state index in [2.05, 4.69) is 32.5 Å². The van der Waals surface area contributed by atoms with Crippen LogP contribution in [0.2, 0.25) is 0 Å². The van der Waals surface area contributed by atoms with Crippen molar-refractivity contribution in [3.05, 3.63) is 35.5 Å². The first kappa shape index (κ1) is 26.8. The molecule has 2 aliphatic heterocycles. The zero-order valence-corrected chi connectivity index (χ0v) is 24.0. The van der Waals surface area contributed by atoms with Gasteiger partial charge in [-0.05, 0) is 108 Å². The highest BCUT2D eigenvalue weighted by molar-refractivity contribution is 7.85. The molecule has 3 N–H and O–H groups in total. The standard InChI is InChI=1S/C24H29N5O2S.C6H12O/c1-15-11-16(32(31)17-12-23(13-17)7-9-29(2)10-8-23)3-4-19(15)26-22-25-14-18-20(28-22)27-21(30)24(18)5-6-24;7-6-4-2-1-3-5-6/h3-4,11,14,17H,5-10,12-13H2,1-2H3,(H2,25,26,27,28,30);6-7H,1-5H2. The summed E-state index contributed by atoms with van der Waals surface area (Å²) in [5.74, 6) is 1.12. The average Bonchev–Trinajstić information content (AvgIpc) is 3.67. The first-order chi connectivity index (χ1) is 18.8. The number of likely N-dealkylation sites (tertiary alicyclic amines) is 1. The van der Waals surface area contributed by atoms with Crippen LogP contribution in [0.4, 0.5) is 17.5 Å². The van der Waals surface area contributed by atoms with Crippen molar-refractivity contribution >= 4 is 34.2 Å². The third-order valence-corrected chi connectivity index (χ3v) is 11.3. The van der Waals surface area contributed by atoms with Gasteiger partial charge in [0.15, 0.2) is 0 Å². The molecule has 2 spiro atoms. The van der Waals surface area contributed by atoms with Crippen LogP contribution in [-0.4, -0.2) is 61.6 Å². The van der Waals surface area contributed by atoms with E-state index in [1.165, 1.54) is 32.1 Å². The molecule has 1 atom stereocenters. The average molecular weight is 552 g/mol. The number of rotatable bonds is 4. The Hall–Kier alpha value is -2.36. The van der Waals surface area contributed by atoms with E-state index in [0.29, 0.717) is 17.2 Å². The van der Waals surface area contributed by atoms with E-state index in [1.807, 2.05) is 25.1 Å². The van der Waals surface area contributed by atoms with E-state index in [-0.39, 0.29) is 22.7 Å². The number of fused-ring (bicyclic) bond motifs is 2. The highest BCUT2D eigenvalue weighted by atomic mass is 32.2. The number of carbonyl (C=O) groups is 1. The van der Waals surface area contributed by atoms with Crippen molar-refractivity contribution in [2.75, 3.05) is 30.8 Å². The second-order valence-corrected chi connectivity index (χ2v) is 14.2. The Morgan fingerprint density at radius 3 is 2.44 bits per heavy atom. The van der Waals surface area contributed by atoms with Gasteiger partial charge in [-0.1, -0.05) is 19.3 Å². The van der Waals surface area contributed by atoms with Gasteiger partial charge in [0, 0.05) is 27.6 Å². The molecule has 3 aliphatic carbocycles. The molecule has 3 saturated carbocycles. The minimum atomic E-state index is -0.969. The molecule has 2 aromatic rings. The van der Waals surface area contributed by atoms with E-state index < -0.39 is 10.8 Å². The fourth-order valence-electron chi connectivity index (χ4n) is 6.71. The number of amides is 1. The van der Waals surface area contributed by atoms with Gasteiger partial charge in [-0.3, -0.25) is 9.00 Å². The number of nitrogens with zero attached hydrogens (tertiary/aromatic N) is 3. The van der Waals surface area contributed by atoms with Crippen molar-refractivity contribution in [1.82, 2.24) is 14.9 Å². The quantitative estimate of drug-likeness (QED) is 0.501. The maximum atomic E-state index is 13.2. The van der Waals surface area contributed by atoms with Crippen LogP contribution in [0.5, 0.6) is 0 Å². The number of nitrogens with one attached hydrogen (secondary N) is 2. The number of hydrogen-bond acceptors (Lipinski definition) is 7. The molecule has 3 heterocycles. The first-order valence-electron chi connectivity index (χ1n) is 14.6. The van der Waals surface area contributed by atoms with Gasteiger partial charge < -0.3 is 20.6 Å². The van der Waals surface area contributed by atoms with E-state index in [4.69, 9.17) is 5.11 Å². The molecule has 1 amide bonds. The molecule has 210 valence electrons. The van der Waals surface area contributed by atoms with Crippen LogP contribution in [0.1, 0.15) is 81.8 Å². The Bertz CT molecular complexity index is 1260. The third-order valence-electron chi connectivity index (χ3n) is 9.64. The van der Waals surface area contributed by atoms with E-state index in [0.717, 1.165) is 73.3 Å². The molecular weight excluding hydrogens is 510 g/mol.